The number of hydrogen-bond acceptors (Lipinski definition) is 3. The number of nitrogens with zero attached hydrogens (tertiary/aromatic N) is 1. The number of amides is 2. The quantitative estimate of drug-likeness (QED) is 0.797. The average molecular weight is 333 g/mol. The lowest BCUT2D eigenvalue weighted by atomic mass is 10.1. The first-order valence-electron chi connectivity index (χ1n) is 7.86. The molecule has 2 rings (SSSR count). The minimum atomic E-state index is -0.345. The Kier molecular flexibility index (Phi) is 6.49. The Morgan fingerprint density at radius 2 is 1.84 bits per heavy atom. The second-order valence-corrected chi connectivity index (χ2v) is 5.50. The summed E-state index contributed by atoms with van der Waals surface area (Å²) >= 11 is 0. The molecule has 2 aromatic rings. The van der Waals surface area contributed by atoms with Crippen molar-refractivity contribution in [3.05, 3.63) is 71.3 Å². The Morgan fingerprint density at radius 1 is 1.12 bits per heavy atom. The second kappa shape index (κ2) is 9.04. The van der Waals surface area contributed by atoms with Crippen molar-refractivity contribution < 1.29 is 9.59 Å². The number of anilines is 1. The van der Waals surface area contributed by atoms with Crippen LogP contribution in [0.3, 0.4) is 0 Å². The summed E-state index contributed by atoms with van der Waals surface area (Å²) in [7, 11) is 0. The third-order valence-corrected chi connectivity index (χ3v) is 3.50. The van der Waals surface area contributed by atoms with Gasteiger partial charge in [0.25, 0.3) is 0 Å². The Labute approximate surface area is 147 Å². The molecule has 0 fully saturated rings. The lowest BCUT2D eigenvalue weighted by Crippen LogP contribution is -2.22. The second-order valence-electron chi connectivity index (χ2n) is 5.50. The summed E-state index contributed by atoms with van der Waals surface area (Å²) in [4.78, 5) is 23.5. The zero-order valence-electron chi connectivity index (χ0n) is 14.0. The molecule has 2 amide bonds. The van der Waals surface area contributed by atoms with Crippen LogP contribution in [0.25, 0.3) is 6.08 Å². The van der Waals surface area contributed by atoms with Gasteiger partial charge in [0, 0.05) is 18.3 Å². The van der Waals surface area contributed by atoms with Crippen LogP contribution >= 0.6 is 0 Å². The van der Waals surface area contributed by atoms with Gasteiger partial charge in [-0.3, -0.25) is 9.59 Å². The number of nitrogens with one attached hydrogen (secondary N) is 2. The molecule has 0 heterocycles. The molecule has 25 heavy (non-hydrogen) atoms. The Hall–Kier alpha value is -3.39. The molecule has 5 heteroatoms. The van der Waals surface area contributed by atoms with Crippen molar-refractivity contribution in [1.29, 1.82) is 5.26 Å². The fraction of sp³-hybridized carbons (Fsp3) is 0.150. The summed E-state index contributed by atoms with van der Waals surface area (Å²) in [5.41, 5.74) is 3.50. The van der Waals surface area contributed by atoms with Gasteiger partial charge >= 0.3 is 0 Å². The van der Waals surface area contributed by atoms with E-state index in [4.69, 9.17) is 5.26 Å². The monoisotopic (exact) mass is 333 g/mol. The topological polar surface area (TPSA) is 82.0 Å². The van der Waals surface area contributed by atoms with Crippen LogP contribution in [0.1, 0.15) is 23.1 Å². The van der Waals surface area contributed by atoms with Gasteiger partial charge in [0.2, 0.25) is 11.8 Å². The minimum absolute atomic E-state index is 0.187. The van der Waals surface area contributed by atoms with Crippen molar-refractivity contribution in [3.8, 4) is 6.07 Å². The SMILES string of the molecule is Cc1ccc(/C=C/C(=O)Nc2ccccc2CNC(=O)CC#N)cc1. The van der Waals surface area contributed by atoms with Crippen LogP contribution < -0.4 is 10.6 Å². The molecule has 0 saturated carbocycles. The third-order valence-electron chi connectivity index (χ3n) is 3.50. The molecule has 0 bridgehead atoms. The Balaban J connectivity index is 1.99. The first kappa shape index (κ1) is 18.0. The first-order chi connectivity index (χ1) is 12.1. The number of rotatable bonds is 6. The van der Waals surface area contributed by atoms with Crippen molar-refractivity contribution in [2.45, 2.75) is 19.9 Å². The number of nitriles is 1. The normalized spacial score (nSPS) is 10.2. The zero-order chi connectivity index (χ0) is 18.1. The van der Waals surface area contributed by atoms with Crippen LogP contribution in [-0.4, -0.2) is 11.8 Å². The molecule has 0 aliphatic carbocycles. The van der Waals surface area contributed by atoms with E-state index in [1.165, 1.54) is 6.08 Å². The molecule has 0 spiro atoms. The van der Waals surface area contributed by atoms with E-state index in [9.17, 15) is 9.59 Å². The lowest BCUT2D eigenvalue weighted by molar-refractivity contribution is -0.120. The molecule has 5 nitrogen and oxygen atoms in total. The van der Waals surface area contributed by atoms with Crippen molar-refractivity contribution in [2.75, 3.05) is 5.32 Å². The number of benzene rings is 2. The lowest BCUT2D eigenvalue weighted by Gasteiger charge is -2.10. The highest BCUT2D eigenvalue weighted by molar-refractivity contribution is 6.02. The number of para-hydroxylation sites is 1. The van der Waals surface area contributed by atoms with Gasteiger partial charge in [-0.2, -0.15) is 5.26 Å². The standard InChI is InChI=1S/C20H19N3O2/c1-15-6-8-16(9-7-15)10-11-20(25)23-18-5-3-2-4-17(18)14-22-19(24)12-13-21/h2-11H,12,14H2,1H3,(H,22,24)(H,23,25)/b11-10+. The number of carbonyl (C=O) groups is 2. The molecule has 0 aliphatic heterocycles. The number of hydrogen-bond donors (Lipinski definition) is 2. The van der Waals surface area contributed by atoms with Gasteiger partial charge < -0.3 is 10.6 Å². The highest BCUT2D eigenvalue weighted by atomic mass is 16.2. The maximum atomic E-state index is 12.1. The average Bonchev–Trinajstić information content (AvgIpc) is 2.61. The van der Waals surface area contributed by atoms with Gasteiger partial charge in [0.1, 0.15) is 6.42 Å². The molecule has 0 aromatic heterocycles. The van der Waals surface area contributed by atoms with Gasteiger partial charge in [-0.25, -0.2) is 0 Å². The van der Waals surface area contributed by atoms with Crippen molar-refractivity contribution in [2.24, 2.45) is 0 Å². The zero-order valence-corrected chi connectivity index (χ0v) is 14.0. The Morgan fingerprint density at radius 3 is 2.56 bits per heavy atom. The third kappa shape index (κ3) is 5.96. The maximum Gasteiger partial charge on any atom is 0.248 e. The van der Waals surface area contributed by atoms with Crippen molar-refractivity contribution in [1.82, 2.24) is 5.32 Å². The molecule has 0 saturated heterocycles. The van der Waals surface area contributed by atoms with E-state index in [-0.39, 0.29) is 24.8 Å². The van der Waals surface area contributed by atoms with Gasteiger partial charge in [-0.15, -0.1) is 0 Å². The molecule has 0 atom stereocenters. The largest absolute Gasteiger partial charge is 0.351 e. The van der Waals surface area contributed by atoms with E-state index in [2.05, 4.69) is 10.6 Å². The van der Waals surface area contributed by atoms with Crippen LogP contribution in [0, 0.1) is 18.3 Å². The van der Waals surface area contributed by atoms with Gasteiger partial charge in [0.05, 0.1) is 6.07 Å². The van der Waals surface area contributed by atoms with Crippen molar-refractivity contribution in [3.63, 3.8) is 0 Å². The fourth-order valence-corrected chi connectivity index (χ4v) is 2.15. The van der Waals surface area contributed by atoms with Crippen molar-refractivity contribution >= 4 is 23.6 Å². The molecule has 2 N–H and O–H groups in total. The van der Waals surface area contributed by atoms with Crippen LogP contribution in [0.4, 0.5) is 5.69 Å². The number of carbonyl (C=O) groups excluding carboxylic acids is 2. The van der Waals surface area contributed by atoms with Gasteiger partial charge in [0.15, 0.2) is 0 Å². The van der Waals surface area contributed by atoms with E-state index in [1.807, 2.05) is 43.3 Å². The summed E-state index contributed by atoms with van der Waals surface area (Å²) < 4.78 is 0. The summed E-state index contributed by atoms with van der Waals surface area (Å²) in [5, 5.41) is 14.0. The molecule has 2 aromatic carbocycles. The molecule has 0 radical (unpaired) electrons. The molecular weight excluding hydrogens is 314 g/mol. The summed E-state index contributed by atoms with van der Waals surface area (Å²) in [6.45, 7) is 2.26. The highest BCUT2D eigenvalue weighted by Gasteiger charge is 2.06. The van der Waals surface area contributed by atoms with Crippen LogP contribution in [0.2, 0.25) is 0 Å². The molecule has 0 aliphatic rings. The molecule has 126 valence electrons. The van der Waals surface area contributed by atoms with Gasteiger partial charge in [-0.05, 0) is 30.2 Å². The summed E-state index contributed by atoms with van der Waals surface area (Å²) in [5.74, 6) is -0.598. The molecule has 0 unspecified atom stereocenters. The maximum absolute atomic E-state index is 12.1. The van der Waals surface area contributed by atoms with E-state index in [1.54, 1.807) is 24.3 Å². The van der Waals surface area contributed by atoms with E-state index < -0.39 is 0 Å². The first-order valence-corrected chi connectivity index (χ1v) is 7.86. The minimum Gasteiger partial charge on any atom is -0.351 e. The summed E-state index contributed by atoms with van der Waals surface area (Å²) in [6, 6.07) is 16.9. The van der Waals surface area contributed by atoms with Gasteiger partial charge in [-0.1, -0.05) is 48.0 Å². The van der Waals surface area contributed by atoms with E-state index >= 15 is 0 Å². The van der Waals surface area contributed by atoms with Crippen LogP contribution in [0.15, 0.2) is 54.6 Å². The summed E-state index contributed by atoms with van der Waals surface area (Å²) in [6.07, 6.45) is 3.02. The highest BCUT2D eigenvalue weighted by Crippen LogP contribution is 2.15. The van der Waals surface area contributed by atoms with E-state index in [0.29, 0.717) is 5.69 Å². The molecular formula is C20H19N3O2. The van der Waals surface area contributed by atoms with E-state index in [0.717, 1.165) is 16.7 Å². The predicted octanol–water partition coefficient (Wildman–Crippen LogP) is 3.18. The van der Waals surface area contributed by atoms with Crippen LogP contribution in [-0.2, 0) is 16.1 Å². The Bertz CT molecular complexity index is 818. The fourth-order valence-electron chi connectivity index (χ4n) is 2.15. The van der Waals surface area contributed by atoms with Crippen LogP contribution in [0.5, 0.6) is 0 Å². The smallest absolute Gasteiger partial charge is 0.248 e. The predicted molar refractivity (Wildman–Crippen MR) is 97.4 cm³/mol. The number of aryl methyl sites for hydroxylation is 1.